The lowest BCUT2D eigenvalue weighted by molar-refractivity contribution is -0.139. The first-order chi connectivity index (χ1) is 7.24. The van der Waals surface area contributed by atoms with Crippen molar-refractivity contribution in [1.82, 2.24) is 10.6 Å². The Kier molecular flexibility index (Phi) is 5.10. The monoisotopic (exact) mass is 214 g/mol. The lowest BCUT2D eigenvalue weighted by atomic mass is 10.2. The predicted octanol–water partition coefficient (Wildman–Crippen LogP) is -0.456. The molecule has 0 saturated heterocycles. The van der Waals surface area contributed by atoms with E-state index in [-0.39, 0.29) is 12.6 Å². The molecule has 1 saturated carbocycles. The summed E-state index contributed by atoms with van der Waals surface area (Å²) in [5, 5.41) is 13.7. The van der Waals surface area contributed by atoms with Gasteiger partial charge in [0, 0.05) is 19.2 Å². The van der Waals surface area contributed by atoms with Crippen LogP contribution in [0.25, 0.3) is 0 Å². The summed E-state index contributed by atoms with van der Waals surface area (Å²) in [5.41, 5.74) is 0. The number of aliphatic hydroxyl groups excluding tert-OH is 1. The third kappa shape index (κ3) is 5.37. The van der Waals surface area contributed by atoms with Crippen LogP contribution in [-0.2, 0) is 9.59 Å². The Hall–Kier alpha value is -1.10. The van der Waals surface area contributed by atoms with E-state index in [9.17, 15) is 9.59 Å². The molecule has 0 heterocycles. The summed E-state index contributed by atoms with van der Waals surface area (Å²) in [6.45, 7) is 0.674. The predicted molar refractivity (Wildman–Crippen MR) is 55.1 cm³/mol. The molecular weight excluding hydrogens is 196 g/mol. The Morgan fingerprint density at radius 1 is 1.13 bits per heavy atom. The standard InChI is InChI=1S/C10H18N2O3/c13-7-3-1-2-6-11-9(14)10(15)12-8-4-5-8/h8,13H,1-7H2,(H,11,14)(H,12,15). The molecule has 5 heteroatoms. The third-order valence-electron chi connectivity index (χ3n) is 2.24. The van der Waals surface area contributed by atoms with Crippen molar-refractivity contribution in [3.63, 3.8) is 0 Å². The fourth-order valence-corrected chi connectivity index (χ4v) is 1.17. The van der Waals surface area contributed by atoms with Crippen molar-refractivity contribution >= 4 is 11.8 Å². The summed E-state index contributed by atoms with van der Waals surface area (Å²) < 4.78 is 0. The SMILES string of the molecule is O=C(NCCCCCO)C(=O)NC1CC1. The zero-order valence-corrected chi connectivity index (χ0v) is 8.79. The zero-order valence-electron chi connectivity index (χ0n) is 8.79. The van der Waals surface area contributed by atoms with Crippen LogP contribution in [0.15, 0.2) is 0 Å². The van der Waals surface area contributed by atoms with Crippen LogP contribution >= 0.6 is 0 Å². The van der Waals surface area contributed by atoms with Gasteiger partial charge in [-0.05, 0) is 32.1 Å². The maximum absolute atomic E-state index is 11.2. The number of unbranched alkanes of at least 4 members (excludes halogenated alkanes) is 2. The van der Waals surface area contributed by atoms with Crippen LogP contribution < -0.4 is 10.6 Å². The highest BCUT2D eigenvalue weighted by Gasteiger charge is 2.25. The van der Waals surface area contributed by atoms with E-state index in [0.29, 0.717) is 6.54 Å². The van der Waals surface area contributed by atoms with Crippen LogP contribution in [0.4, 0.5) is 0 Å². The van der Waals surface area contributed by atoms with E-state index in [2.05, 4.69) is 10.6 Å². The lowest BCUT2D eigenvalue weighted by Gasteiger charge is -2.04. The van der Waals surface area contributed by atoms with Crippen LogP contribution in [0, 0.1) is 0 Å². The quantitative estimate of drug-likeness (QED) is 0.413. The van der Waals surface area contributed by atoms with E-state index >= 15 is 0 Å². The van der Waals surface area contributed by atoms with Gasteiger partial charge in [-0.25, -0.2) is 0 Å². The number of amides is 2. The molecule has 5 nitrogen and oxygen atoms in total. The Labute approximate surface area is 89.2 Å². The van der Waals surface area contributed by atoms with Crippen LogP contribution in [0.2, 0.25) is 0 Å². The van der Waals surface area contributed by atoms with Gasteiger partial charge < -0.3 is 15.7 Å². The first-order valence-corrected chi connectivity index (χ1v) is 5.43. The highest BCUT2D eigenvalue weighted by Crippen LogP contribution is 2.18. The molecule has 0 unspecified atom stereocenters. The molecule has 1 aliphatic carbocycles. The smallest absolute Gasteiger partial charge is 0.309 e. The van der Waals surface area contributed by atoms with Crippen LogP contribution in [0.1, 0.15) is 32.1 Å². The second kappa shape index (κ2) is 6.40. The molecule has 1 rings (SSSR count). The van der Waals surface area contributed by atoms with Crippen molar-refractivity contribution in [2.45, 2.75) is 38.1 Å². The van der Waals surface area contributed by atoms with Crippen molar-refractivity contribution in [3.8, 4) is 0 Å². The normalized spacial score (nSPS) is 14.7. The minimum Gasteiger partial charge on any atom is -0.396 e. The zero-order chi connectivity index (χ0) is 11.1. The Balaban J connectivity index is 1.99. The van der Waals surface area contributed by atoms with E-state index < -0.39 is 11.8 Å². The summed E-state index contributed by atoms with van der Waals surface area (Å²) in [6, 6.07) is 0.220. The number of hydrogen-bond donors (Lipinski definition) is 3. The van der Waals surface area contributed by atoms with E-state index in [0.717, 1.165) is 32.1 Å². The van der Waals surface area contributed by atoms with Crippen molar-refractivity contribution in [2.24, 2.45) is 0 Å². The van der Waals surface area contributed by atoms with Gasteiger partial charge >= 0.3 is 11.8 Å². The maximum Gasteiger partial charge on any atom is 0.309 e. The van der Waals surface area contributed by atoms with E-state index in [1.165, 1.54) is 0 Å². The van der Waals surface area contributed by atoms with Crippen molar-refractivity contribution in [3.05, 3.63) is 0 Å². The molecule has 0 aromatic heterocycles. The summed E-state index contributed by atoms with van der Waals surface area (Å²) in [5.74, 6) is -1.08. The van der Waals surface area contributed by atoms with Crippen LogP contribution in [-0.4, -0.2) is 36.1 Å². The molecule has 0 spiro atoms. The molecule has 0 aromatic rings. The fraction of sp³-hybridized carbons (Fsp3) is 0.800. The van der Waals surface area contributed by atoms with Crippen LogP contribution in [0.3, 0.4) is 0 Å². The molecule has 1 aliphatic rings. The minimum atomic E-state index is -0.550. The average molecular weight is 214 g/mol. The van der Waals surface area contributed by atoms with Gasteiger partial charge in [-0.15, -0.1) is 0 Å². The number of nitrogens with one attached hydrogen (secondary N) is 2. The molecule has 3 N–H and O–H groups in total. The second-order valence-corrected chi connectivity index (χ2v) is 3.79. The minimum absolute atomic E-state index is 0.177. The highest BCUT2D eigenvalue weighted by atomic mass is 16.3. The topological polar surface area (TPSA) is 78.4 Å². The van der Waals surface area contributed by atoms with Gasteiger partial charge in [-0.3, -0.25) is 9.59 Å². The first-order valence-electron chi connectivity index (χ1n) is 5.43. The maximum atomic E-state index is 11.2. The van der Waals surface area contributed by atoms with Gasteiger partial charge in [-0.2, -0.15) is 0 Å². The number of hydrogen-bond acceptors (Lipinski definition) is 3. The highest BCUT2D eigenvalue weighted by molar-refractivity contribution is 6.35. The largest absolute Gasteiger partial charge is 0.396 e. The molecule has 86 valence electrons. The molecule has 1 fully saturated rings. The van der Waals surface area contributed by atoms with E-state index in [1.54, 1.807) is 0 Å². The summed E-state index contributed by atoms with van der Waals surface area (Å²) >= 11 is 0. The van der Waals surface area contributed by atoms with Crippen molar-refractivity contribution in [2.75, 3.05) is 13.2 Å². The molecule has 2 amide bonds. The van der Waals surface area contributed by atoms with Crippen molar-refractivity contribution in [1.29, 1.82) is 0 Å². The molecular formula is C10H18N2O3. The Morgan fingerprint density at radius 3 is 2.47 bits per heavy atom. The summed E-state index contributed by atoms with van der Waals surface area (Å²) in [6.07, 6.45) is 4.36. The molecule has 15 heavy (non-hydrogen) atoms. The van der Waals surface area contributed by atoms with Gasteiger partial charge in [0.2, 0.25) is 0 Å². The number of carbonyl (C=O) groups excluding carboxylic acids is 2. The number of aliphatic hydroxyl groups is 1. The fourth-order valence-electron chi connectivity index (χ4n) is 1.17. The summed E-state index contributed by atoms with van der Waals surface area (Å²) in [4.78, 5) is 22.3. The van der Waals surface area contributed by atoms with Gasteiger partial charge in [0.15, 0.2) is 0 Å². The molecule has 0 aliphatic heterocycles. The molecule has 0 bridgehead atoms. The van der Waals surface area contributed by atoms with Crippen LogP contribution in [0.5, 0.6) is 0 Å². The van der Waals surface area contributed by atoms with Gasteiger partial charge in [0.05, 0.1) is 0 Å². The molecule has 0 radical (unpaired) electrons. The van der Waals surface area contributed by atoms with Gasteiger partial charge in [0.25, 0.3) is 0 Å². The Bertz CT molecular complexity index is 227. The summed E-state index contributed by atoms with van der Waals surface area (Å²) in [7, 11) is 0. The van der Waals surface area contributed by atoms with Gasteiger partial charge in [0.1, 0.15) is 0 Å². The number of carbonyl (C=O) groups is 2. The van der Waals surface area contributed by atoms with E-state index in [1.807, 2.05) is 0 Å². The molecule has 0 atom stereocenters. The Morgan fingerprint density at radius 2 is 1.87 bits per heavy atom. The third-order valence-corrected chi connectivity index (χ3v) is 2.24. The lowest BCUT2D eigenvalue weighted by Crippen LogP contribution is -2.41. The van der Waals surface area contributed by atoms with Crippen molar-refractivity contribution < 1.29 is 14.7 Å². The van der Waals surface area contributed by atoms with Gasteiger partial charge in [-0.1, -0.05) is 0 Å². The average Bonchev–Trinajstić information content (AvgIpc) is 3.01. The first kappa shape index (κ1) is 12.0. The second-order valence-electron chi connectivity index (χ2n) is 3.79. The van der Waals surface area contributed by atoms with E-state index in [4.69, 9.17) is 5.11 Å². The number of rotatable bonds is 6. The molecule has 0 aromatic carbocycles.